The molecule has 0 spiro atoms. The first-order valence-electron chi connectivity index (χ1n) is 12.8. The molecule has 0 N–H and O–H groups in total. The summed E-state index contributed by atoms with van der Waals surface area (Å²) in [4.78, 5) is 42.3. The van der Waals surface area contributed by atoms with Crippen LogP contribution in [-0.2, 0) is 16.1 Å². The van der Waals surface area contributed by atoms with E-state index < -0.39 is 16.9 Å². The fourth-order valence-corrected chi connectivity index (χ4v) is 6.32. The summed E-state index contributed by atoms with van der Waals surface area (Å²) in [5, 5.41) is 10.9. The van der Waals surface area contributed by atoms with E-state index in [-0.39, 0.29) is 24.5 Å². The van der Waals surface area contributed by atoms with Crippen LogP contribution in [0.1, 0.15) is 36.6 Å². The highest BCUT2D eigenvalue weighted by molar-refractivity contribution is 9.10. The number of esters is 1. The van der Waals surface area contributed by atoms with Crippen molar-refractivity contribution in [2.24, 2.45) is 4.99 Å². The lowest BCUT2D eigenvalue weighted by molar-refractivity contribution is -0.384. The fourth-order valence-electron chi connectivity index (χ4n) is 4.50. The molecular formula is C30H23Br2N3O6S. The Balaban J connectivity index is 1.47. The van der Waals surface area contributed by atoms with Crippen molar-refractivity contribution in [3.8, 4) is 5.75 Å². The summed E-state index contributed by atoms with van der Waals surface area (Å²) in [6, 6.07) is 18.4. The summed E-state index contributed by atoms with van der Waals surface area (Å²) in [5.41, 5.74) is 2.90. The van der Waals surface area contributed by atoms with Gasteiger partial charge in [0.15, 0.2) is 4.80 Å². The molecule has 1 atom stereocenters. The lowest BCUT2D eigenvalue weighted by Crippen LogP contribution is -2.39. The molecule has 0 saturated heterocycles. The number of nitro benzene ring substituents is 1. The normalized spacial score (nSPS) is 14.8. The van der Waals surface area contributed by atoms with Gasteiger partial charge in [-0.1, -0.05) is 45.5 Å². The first-order valence-corrected chi connectivity index (χ1v) is 15.2. The highest BCUT2D eigenvalue weighted by atomic mass is 79.9. The Labute approximate surface area is 260 Å². The number of ether oxygens (including phenoxy) is 2. The van der Waals surface area contributed by atoms with Crippen LogP contribution in [0.25, 0.3) is 6.08 Å². The van der Waals surface area contributed by atoms with Crippen molar-refractivity contribution >= 4 is 60.9 Å². The van der Waals surface area contributed by atoms with Crippen molar-refractivity contribution in [2.45, 2.75) is 26.5 Å². The monoisotopic (exact) mass is 711 g/mol. The average molecular weight is 713 g/mol. The Kier molecular flexibility index (Phi) is 8.85. The summed E-state index contributed by atoms with van der Waals surface area (Å²) >= 11 is 8.23. The molecule has 5 rings (SSSR count). The molecule has 3 aromatic carbocycles. The molecule has 0 bridgehead atoms. The van der Waals surface area contributed by atoms with Gasteiger partial charge in [-0.15, -0.1) is 0 Å². The predicted octanol–water partition coefficient (Wildman–Crippen LogP) is 5.81. The zero-order valence-electron chi connectivity index (χ0n) is 22.4. The smallest absolute Gasteiger partial charge is 0.338 e. The van der Waals surface area contributed by atoms with E-state index in [4.69, 9.17) is 9.47 Å². The van der Waals surface area contributed by atoms with Gasteiger partial charge in [-0.3, -0.25) is 19.5 Å². The molecule has 12 heteroatoms. The molecule has 1 aliphatic rings. The maximum absolute atomic E-state index is 13.8. The number of non-ortho nitro benzene ring substituents is 1. The lowest BCUT2D eigenvalue weighted by Gasteiger charge is -2.24. The fraction of sp³-hybridized carbons (Fsp3) is 0.167. The van der Waals surface area contributed by atoms with Crippen molar-refractivity contribution < 1.29 is 19.2 Å². The van der Waals surface area contributed by atoms with Gasteiger partial charge in [0.1, 0.15) is 12.4 Å². The van der Waals surface area contributed by atoms with Gasteiger partial charge in [0.2, 0.25) is 0 Å². The number of aromatic nitrogens is 1. The van der Waals surface area contributed by atoms with E-state index in [1.54, 1.807) is 42.7 Å². The van der Waals surface area contributed by atoms with Crippen molar-refractivity contribution in [3.63, 3.8) is 0 Å². The molecule has 1 aliphatic heterocycles. The number of allylic oxidation sites excluding steroid dienone is 1. The van der Waals surface area contributed by atoms with Gasteiger partial charge in [-0.2, -0.15) is 0 Å². The Morgan fingerprint density at radius 2 is 1.83 bits per heavy atom. The topological polar surface area (TPSA) is 113 Å². The van der Waals surface area contributed by atoms with E-state index in [0.29, 0.717) is 30.8 Å². The molecule has 214 valence electrons. The van der Waals surface area contributed by atoms with E-state index in [0.717, 1.165) is 21.2 Å². The van der Waals surface area contributed by atoms with Crippen LogP contribution in [0.2, 0.25) is 0 Å². The molecule has 0 saturated carbocycles. The minimum atomic E-state index is -0.683. The SMILES string of the molecule is CCOC(=O)C1=C(C)N=c2s/c(=C\c3ccc(OCc4ccc([N+](=O)[O-])cc4)c(Br)c3)c(=O)n2[C@@H]1c1ccc(Br)cc1. The quantitative estimate of drug-likeness (QED) is 0.130. The van der Waals surface area contributed by atoms with E-state index in [1.807, 2.05) is 36.4 Å². The number of hydrogen-bond donors (Lipinski definition) is 0. The van der Waals surface area contributed by atoms with Crippen LogP contribution in [0, 0.1) is 10.1 Å². The molecule has 42 heavy (non-hydrogen) atoms. The zero-order chi connectivity index (χ0) is 30.0. The zero-order valence-corrected chi connectivity index (χ0v) is 26.4. The number of benzene rings is 3. The summed E-state index contributed by atoms with van der Waals surface area (Å²) in [5.74, 6) is 0.0751. The first kappa shape index (κ1) is 29.6. The molecule has 2 heterocycles. The van der Waals surface area contributed by atoms with Crippen LogP contribution in [0.15, 0.2) is 96.7 Å². The highest BCUT2D eigenvalue weighted by Gasteiger charge is 2.33. The van der Waals surface area contributed by atoms with Gasteiger partial charge < -0.3 is 9.47 Å². The maximum Gasteiger partial charge on any atom is 0.338 e. The third-order valence-corrected chi connectivity index (χ3v) is 8.63. The number of fused-ring (bicyclic) bond motifs is 1. The van der Waals surface area contributed by atoms with E-state index >= 15 is 0 Å². The number of nitro groups is 1. The number of halogens is 2. The van der Waals surface area contributed by atoms with Crippen LogP contribution in [0.5, 0.6) is 5.75 Å². The number of thiazole rings is 1. The number of carbonyl (C=O) groups is 1. The number of hydrogen-bond acceptors (Lipinski definition) is 8. The van der Waals surface area contributed by atoms with Gasteiger partial charge >= 0.3 is 5.97 Å². The van der Waals surface area contributed by atoms with E-state index in [2.05, 4.69) is 36.9 Å². The van der Waals surface area contributed by atoms with Gasteiger partial charge in [-0.25, -0.2) is 9.79 Å². The molecule has 0 fully saturated rings. The summed E-state index contributed by atoms with van der Waals surface area (Å²) < 4.78 is 14.8. The highest BCUT2D eigenvalue weighted by Crippen LogP contribution is 2.32. The molecule has 0 radical (unpaired) electrons. The lowest BCUT2D eigenvalue weighted by atomic mass is 9.96. The van der Waals surface area contributed by atoms with Crippen molar-refractivity contribution in [3.05, 3.63) is 133 Å². The molecule has 1 aromatic heterocycles. The van der Waals surface area contributed by atoms with Crippen LogP contribution in [-0.4, -0.2) is 22.1 Å². The third-order valence-electron chi connectivity index (χ3n) is 6.50. The van der Waals surface area contributed by atoms with E-state index in [9.17, 15) is 19.7 Å². The second-order valence-corrected chi connectivity index (χ2v) is 12.0. The van der Waals surface area contributed by atoms with Crippen LogP contribution in [0.4, 0.5) is 5.69 Å². The Hall–Kier alpha value is -3.87. The van der Waals surface area contributed by atoms with E-state index in [1.165, 1.54) is 23.5 Å². The van der Waals surface area contributed by atoms with Crippen LogP contribution in [0.3, 0.4) is 0 Å². The summed E-state index contributed by atoms with van der Waals surface area (Å²) in [6.45, 7) is 3.92. The van der Waals surface area contributed by atoms with Gasteiger partial charge in [0, 0.05) is 16.6 Å². The third kappa shape index (κ3) is 6.15. The molecule has 0 aliphatic carbocycles. The first-order chi connectivity index (χ1) is 20.2. The second-order valence-electron chi connectivity index (χ2n) is 9.26. The van der Waals surface area contributed by atoms with Crippen molar-refractivity contribution in [1.29, 1.82) is 0 Å². The second kappa shape index (κ2) is 12.6. The average Bonchev–Trinajstić information content (AvgIpc) is 3.26. The summed E-state index contributed by atoms with van der Waals surface area (Å²) in [6.07, 6.45) is 1.77. The molecular weight excluding hydrogens is 690 g/mol. The van der Waals surface area contributed by atoms with Gasteiger partial charge in [0.05, 0.1) is 37.8 Å². The standard InChI is InChI=1S/C30H23Br2N3O6S/c1-3-40-29(37)26-17(2)33-30-34(27(26)20-7-9-21(31)10-8-20)28(36)25(42-30)15-19-6-13-24(23(32)14-19)41-16-18-4-11-22(12-5-18)35(38)39/h4-15,27H,3,16H2,1-2H3/b25-15-/t27-/m1/s1. The number of carbonyl (C=O) groups excluding carboxylic acids is 1. The van der Waals surface area contributed by atoms with Gasteiger partial charge in [-0.05, 0) is 88.9 Å². The maximum atomic E-state index is 13.8. The Bertz CT molecular complexity index is 1900. The Morgan fingerprint density at radius 1 is 1.12 bits per heavy atom. The molecule has 4 aromatic rings. The predicted molar refractivity (Wildman–Crippen MR) is 166 cm³/mol. The minimum Gasteiger partial charge on any atom is -0.488 e. The molecule has 9 nitrogen and oxygen atoms in total. The van der Waals surface area contributed by atoms with Gasteiger partial charge in [0.25, 0.3) is 11.2 Å². The molecule has 0 amide bonds. The minimum absolute atomic E-state index is 0.0185. The van der Waals surface area contributed by atoms with Crippen LogP contribution < -0.4 is 19.6 Å². The van der Waals surface area contributed by atoms with Crippen molar-refractivity contribution in [2.75, 3.05) is 6.61 Å². The molecule has 0 unspecified atom stereocenters. The van der Waals surface area contributed by atoms with Crippen molar-refractivity contribution in [1.82, 2.24) is 4.57 Å². The largest absolute Gasteiger partial charge is 0.488 e. The summed E-state index contributed by atoms with van der Waals surface area (Å²) in [7, 11) is 0. The Morgan fingerprint density at radius 3 is 2.48 bits per heavy atom. The number of rotatable bonds is 8. The number of nitrogens with zero attached hydrogens (tertiary/aromatic N) is 3. The van der Waals surface area contributed by atoms with Crippen LogP contribution >= 0.6 is 43.2 Å².